The van der Waals surface area contributed by atoms with Gasteiger partial charge in [-0.2, -0.15) is 0 Å². The van der Waals surface area contributed by atoms with Crippen molar-refractivity contribution in [1.29, 1.82) is 0 Å². The number of ether oxygens (including phenoxy) is 1. The van der Waals surface area contributed by atoms with Crippen molar-refractivity contribution in [2.75, 3.05) is 19.7 Å². The summed E-state index contributed by atoms with van der Waals surface area (Å²) in [5.74, 6) is 0.947. The molecule has 17 heavy (non-hydrogen) atoms. The summed E-state index contributed by atoms with van der Waals surface area (Å²) in [6, 6.07) is 6.20. The highest BCUT2D eigenvalue weighted by Crippen LogP contribution is 2.18. The average molecular weight is 237 g/mol. The van der Waals surface area contributed by atoms with E-state index in [1.807, 2.05) is 13.8 Å². The lowest BCUT2D eigenvalue weighted by Gasteiger charge is -2.12. The molecular weight excluding hydrogens is 214 g/mol. The van der Waals surface area contributed by atoms with Crippen LogP contribution >= 0.6 is 0 Å². The van der Waals surface area contributed by atoms with Gasteiger partial charge in [-0.15, -0.1) is 0 Å². The predicted octanol–water partition coefficient (Wildman–Crippen LogP) is 2.04. The Kier molecular flexibility index (Phi) is 6.01. The van der Waals surface area contributed by atoms with Gasteiger partial charge < -0.3 is 15.2 Å². The lowest BCUT2D eigenvalue weighted by molar-refractivity contribution is 0.165. The molecule has 0 aromatic heterocycles. The molecular formula is C14H23NO2. The summed E-state index contributed by atoms with van der Waals surface area (Å²) >= 11 is 0. The fourth-order valence-corrected chi connectivity index (χ4v) is 1.51. The molecule has 1 unspecified atom stereocenters. The summed E-state index contributed by atoms with van der Waals surface area (Å²) in [6.45, 7) is 8.09. The number of nitrogens with one attached hydrogen (secondary N) is 1. The molecule has 0 amide bonds. The van der Waals surface area contributed by atoms with Gasteiger partial charge in [0.05, 0.1) is 6.10 Å². The number of hydrogen-bond donors (Lipinski definition) is 2. The zero-order valence-corrected chi connectivity index (χ0v) is 11.0. The molecule has 1 aromatic carbocycles. The van der Waals surface area contributed by atoms with Crippen LogP contribution in [0, 0.1) is 13.8 Å². The molecule has 0 aliphatic heterocycles. The minimum Gasteiger partial charge on any atom is -0.492 e. The molecule has 1 rings (SSSR count). The molecule has 0 radical (unpaired) electrons. The number of aliphatic hydroxyl groups excluding tert-OH is 1. The van der Waals surface area contributed by atoms with Crippen LogP contribution in [0.1, 0.15) is 24.5 Å². The van der Waals surface area contributed by atoms with Crippen molar-refractivity contribution in [3.05, 3.63) is 29.3 Å². The lowest BCUT2D eigenvalue weighted by atomic mass is 10.1. The van der Waals surface area contributed by atoms with E-state index < -0.39 is 0 Å². The number of hydrogen-bond acceptors (Lipinski definition) is 3. The monoisotopic (exact) mass is 237 g/mol. The molecule has 0 spiro atoms. The first-order chi connectivity index (χ1) is 8.13. The highest BCUT2D eigenvalue weighted by atomic mass is 16.5. The molecule has 2 N–H and O–H groups in total. The van der Waals surface area contributed by atoms with Gasteiger partial charge in [-0.1, -0.05) is 19.1 Å². The smallest absolute Gasteiger partial charge is 0.122 e. The van der Waals surface area contributed by atoms with E-state index >= 15 is 0 Å². The van der Waals surface area contributed by atoms with Crippen LogP contribution in [-0.2, 0) is 0 Å². The maximum absolute atomic E-state index is 9.35. The zero-order chi connectivity index (χ0) is 12.7. The number of rotatable bonds is 7. The molecule has 1 aromatic rings. The maximum atomic E-state index is 9.35. The molecule has 3 nitrogen and oxygen atoms in total. The third-order valence-corrected chi connectivity index (χ3v) is 2.73. The van der Waals surface area contributed by atoms with Crippen LogP contribution in [0.5, 0.6) is 5.75 Å². The normalized spacial score (nSPS) is 12.5. The number of aryl methyl sites for hydroxylation is 2. The molecule has 0 fully saturated rings. The first-order valence-corrected chi connectivity index (χ1v) is 6.22. The molecule has 96 valence electrons. The fraction of sp³-hybridized carbons (Fsp3) is 0.571. The van der Waals surface area contributed by atoms with Crippen molar-refractivity contribution in [2.45, 2.75) is 33.3 Å². The van der Waals surface area contributed by atoms with Gasteiger partial charge in [0.2, 0.25) is 0 Å². The standard InChI is InChI=1S/C14H23NO2/c1-4-13(16)10-15-7-8-17-14-9-11(2)5-6-12(14)3/h5-6,9,13,15-16H,4,7-8,10H2,1-3H3. The van der Waals surface area contributed by atoms with Gasteiger partial charge in [0.25, 0.3) is 0 Å². The van der Waals surface area contributed by atoms with Gasteiger partial charge in [-0.05, 0) is 37.5 Å². The average Bonchev–Trinajstić information content (AvgIpc) is 2.32. The van der Waals surface area contributed by atoms with Gasteiger partial charge >= 0.3 is 0 Å². The van der Waals surface area contributed by atoms with Crippen LogP contribution in [0.2, 0.25) is 0 Å². The van der Waals surface area contributed by atoms with Crippen molar-refractivity contribution >= 4 is 0 Å². The van der Waals surface area contributed by atoms with Crippen LogP contribution in [0.15, 0.2) is 18.2 Å². The van der Waals surface area contributed by atoms with Gasteiger partial charge in [0, 0.05) is 13.1 Å². The molecule has 1 atom stereocenters. The van der Waals surface area contributed by atoms with Crippen LogP contribution in [0.4, 0.5) is 0 Å². The van der Waals surface area contributed by atoms with Crippen molar-refractivity contribution in [1.82, 2.24) is 5.32 Å². The molecule has 0 aliphatic carbocycles. The van der Waals surface area contributed by atoms with Crippen molar-refractivity contribution in [3.8, 4) is 5.75 Å². The highest BCUT2D eigenvalue weighted by molar-refractivity contribution is 5.35. The second-order valence-corrected chi connectivity index (χ2v) is 4.38. The SMILES string of the molecule is CCC(O)CNCCOc1cc(C)ccc1C. The van der Waals surface area contributed by atoms with E-state index in [0.717, 1.165) is 24.3 Å². The van der Waals surface area contributed by atoms with Crippen LogP contribution in [-0.4, -0.2) is 30.9 Å². The minimum absolute atomic E-state index is 0.254. The Morgan fingerprint density at radius 3 is 2.82 bits per heavy atom. The van der Waals surface area contributed by atoms with Gasteiger partial charge in [-0.3, -0.25) is 0 Å². The largest absolute Gasteiger partial charge is 0.492 e. The van der Waals surface area contributed by atoms with Crippen LogP contribution < -0.4 is 10.1 Å². The Hall–Kier alpha value is -1.06. The first kappa shape index (κ1) is 14.0. The molecule has 0 saturated heterocycles. The summed E-state index contributed by atoms with van der Waals surface area (Å²) in [5, 5.41) is 12.5. The van der Waals surface area contributed by atoms with Crippen LogP contribution in [0.25, 0.3) is 0 Å². The molecule has 0 bridgehead atoms. The van der Waals surface area contributed by atoms with E-state index in [4.69, 9.17) is 4.74 Å². The zero-order valence-electron chi connectivity index (χ0n) is 11.0. The van der Waals surface area contributed by atoms with Crippen molar-refractivity contribution in [2.24, 2.45) is 0 Å². The topological polar surface area (TPSA) is 41.5 Å². The van der Waals surface area contributed by atoms with E-state index in [9.17, 15) is 5.11 Å². The van der Waals surface area contributed by atoms with E-state index in [-0.39, 0.29) is 6.10 Å². The molecule has 0 heterocycles. The molecule has 0 aliphatic rings. The van der Waals surface area contributed by atoms with Gasteiger partial charge in [0.15, 0.2) is 0 Å². The van der Waals surface area contributed by atoms with Gasteiger partial charge in [-0.25, -0.2) is 0 Å². The van der Waals surface area contributed by atoms with E-state index in [1.165, 1.54) is 5.56 Å². The van der Waals surface area contributed by atoms with E-state index in [0.29, 0.717) is 13.2 Å². The Morgan fingerprint density at radius 1 is 1.35 bits per heavy atom. The predicted molar refractivity (Wildman–Crippen MR) is 70.6 cm³/mol. The minimum atomic E-state index is -0.254. The van der Waals surface area contributed by atoms with Crippen molar-refractivity contribution in [3.63, 3.8) is 0 Å². The third-order valence-electron chi connectivity index (χ3n) is 2.73. The second-order valence-electron chi connectivity index (χ2n) is 4.38. The number of aliphatic hydroxyl groups is 1. The van der Waals surface area contributed by atoms with Crippen molar-refractivity contribution < 1.29 is 9.84 Å². The highest BCUT2D eigenvalue weighted by Gasteiger charge is 2.01. The summed E-state index contributed by atoms with van der Waals surface area (Å²) in [7, 11) is 0. The Labute approximate surface area is 104 Å². The van der Waals surface area contributed by atoms with E-state index in [2.05, 4.69) is 30.4 Å². The summed E-state index contributed by atoms with van der Waals surface area (Å²) < 4.78 is 5.69. The Morgan fingerprint density at radius 2 is 2.12 bits per heavy atom. The molecule has 0 saturated carbocycles. The maximum Gasteiger partial charge on any atom is 0.122 e. The van der Waals surface area contributed by atoms with Crippen LogP contribution in [0.3, 0.4) is 0 Å². The molecule has 3 heteroatoms. The quantitative estimate of drug-likeness (QED) is 0.713. The fourth-order valence-electron chi connectivity index (χ4n) is 1.51. The third kappa shape index (κ3) is 5.20. The summed E-state index contributed by atoms with van der Waals surface area (Å²) in [4.78, 5) is 0. The van der Waals surface area contributed by atoms with E-state index in [1.54, 1.807) is 0 Å². The Balaban J connectivity index is 2.24. The first-order valence-electron chi connectivity index (χ1n) is 6.22. The second kappa shape index (κ2) is 7.30. The summed E-state index contributed by atoms with van der Waals surface area (Å²) in [5.41, 5.74) is 2.36. The van der Waals surface area contributed by atoms with Gasteiger partial charge in [0.1, 0.15) is 12.4 Å². The Bertz CT molecular complexity index is 339. The summed E-state index contributed by atoms with van der Waals surface area (Å²) in [6.07, 6.45) is 0.529. The number of benzene rings is 1. The lowest BCUT2D eigenvalue weighted by Crippen LogP contribution is -2.29.